The van der Waals surface area contributed by atoms with E-state index >= 15 is 0 Å². The van der Waals surface area contributed by atoms with Crippen molar-refractivity contribution < 1.29 is 18.2 Å². The Labute approximate surface area is 82.3 Å². The van der Waals surface area contributed by atoms with Crippen molar-refractivity contribution in [2.75, 3.05) is 17.4 Å². The molecular weight excluding hydrogens is 206 g/mol. The summed E-state index contributed by atoms with van der Waals surface area (Å²) in [6, 6.07) is 8.46. The third-order valence-electron chi connectivity index (χ3n) is 1.62. The molecule has 0 unspecified atom stereocenters. The Morgan fingerprint density at radius 3 is 2.29 bits per heavy atom. The van der Waals surface area contributed by atoms with E-state index in [0.29, 0.717) is 5.69 Å². The van der Waals surface area contributed by atoms with E-state index in [2.05, 4.69) is 0 Å². The summed E-state index contributed by atoms with van der Waals surface area (Å²) in [5, 5.41) is 10.1. The van der Waals surface area contributed by atoms with Crippen molar-refractivity contribution in [3.05, 3.63) is 30.3 Å². The maximum Gasteiger partial charge on any atom is 0.266 e. The molecule has 78 valence electrons. The minimum Gasteiger partial charge on any atom is -0.288 e. The summed E-state index contributed by atoms with van der Waals surface area (Å²) in [5.74, 6) is -0.502. The van der Waals surface area contributed by atoms with Crippen LogP contribution in [0.5, 0.6) is 0 Å². The average molecular weight is 217 g/mol. The number of hydrogen-bond donors (Lipinski definition) is 2. The number of benzene rings is 1. The molecular formula is C8H11NO4S. The van der Waals surface area contributed by atoms with Crippen molar-refractivity contribution in [3.63, 3.8) is 0 Å². The average Bonchev–Trinajstić information content (AvgIpc) is 2.14. The maximum absolute atomic E-state index is 10.4. The lowest BCUT2D eigenvalue weighted by Crippen LogP contribution is -2.25. The van der Waals surface area contributed by atoms with Crippen LogP contribution < -0.4 is 5.06 Å². The van der Waals surface area contributed by atoms with Crippen LogP contribution in [0.2, 0.25) is 0 Å². The van der Waals surface area contributed by atoms with Gasteiger partial charge in [0.1, 0.15) is 0 Å². The second-order valence-electron chi connectivity index (χ2n) is 2.74. The molecule has 14 heavy (non-hydrogen) atoms. The van der Waals surface area contributed by atoms with E-state index in [-0.39, 0.29) is 6.54 Å². The molecule has 1 aromatic carbocycles. The highest BCUT2D eigenvalue weighted by atomic mass is 32.2. The SMILES string of the molecule is O=S(=O)(O)CCN(O)c1ccccc1. The molecule has 5 nitrogen and oxygen atoms in total. The predicted octanol–water partition coefficient (Wildman–Crippen LogP) is 0.770. The third kappa shape index (κ3) is 3.73. The Hall–Kier alpha value is -1.11. The normalized spacial score (nSPS) is 11.3. The van der Waals surface area contributed by atoms with Gasteiger partial charge in [0.2, 0.25) is 0 Å². The highest BCUT2D eigenvalue weighted by Gasteiger charge is 2.08. The Bertz CT molecular complexity index is 376. The van der Waals surface area contributed by atoms with E-state index in [1.807, 2.05) is 0 Å². The molecule has 0 fully saturated rings. The quantitative estimate of drug-likeness (QED) is 0.575. The predicted molar refractivity (Wildman–Crippen MR) is 52.0 cm³/mol. The van der Waals surface area contributed by atoms with Gasteiger partial charge in [-0.2, -0.15) is 8.42 Å². The Kier molecular flexibility index (Phi) is 3.45. The first-order chi connectivity index (χ1) is 6.49. The van der Waals surface area contributed by atoms with Crippen LogP contribution >= 0.6 is 0 Å². The van der Waals surface area contributed by atoms with Gasteiger partial charge < -0.3 is 0 Å². The van der Waals surface area contributed by atoms with E-state index in [1.54, 1.807) is 30.3 Å². The number of para-hydroxylation sites is 1. The van der Waals surface area contributed by atoms with Crippen LogP contribution in [0.25, 0.3) is 0 Å². The van der Waals surface area contributed by atoms with Crippen LogP contribution in [0.3, 0.4) is 0 Å². The van der Waals surface area contributed by atoms with Crippen molar-refractivity contribution >= 4 is 15.8 Å². The minimum absolute atomic E-state index is 0.164. The zero-order valence-electron chi connectivity index (χ0n) is 7.37. The molecule has 1 rings (SSSR count). The number of anilines is 1. The maximum atomic E-state index is 10.4. The molecule has 0 spiro atoms. The van der Waals surface area contributed by atoms with Crippen LogP contribution in [-0.2, 0) is 10.1 Å². The summed E-state index contributed by atoms with van der Waals surface area (Å²) in [4.78, 5) is 0. The summed E-state index contributed by atoms with van der Waals surface area (Å²) < 4.78 is 29.2. The highest BCUT2D eigenvalue weighted by molar-refractivity contribution is 7.85. The fourth-order valence-electron chi connectivity index (χ4n) is 0.931. The second kappa shape index (κ2) is 4.41. The molecule has 0 aliphatic carbocycles. The third-order valence-corrected chi connectivity index (χ3v) is 2.31. The van der Waals surface area contributed by atoms with Crippen LogP contribution in [0, 0.1) is 0 Å². The van der Waals surface area contributed by atoms with Crippen LogP contribution in [0.1, 0.15) is 0 Å². The highest BCUT2D eigenvalue weighted by Crippen LogP contribution is 2.09. The number of rotatable bonds is 4. The van der Waals surface area contributed by atoms with E-state index < -0.39 is 15.9 Å². The van der Waals surface area contributed by atoms with Crippen LogP contribution in [0.4, 0.5) is 5.69 Å². The molecule has 0 radical (unpaired) electrons. The van der Waals surface area contributed by atoms with Gasteiger partial charge in [0.15, 0.2) is 0 Å². The molecule has 0 heterocycles. The van der Waals surface area contributed by atoms with E-state index in [1.165, 1.54) is 0 Å². The number of nitrogens with zero attached hydrogens (tertiary/aromatic N) is 1. The molecule has 0 atom stereocenters. The summed E-state index contributed by atoms with van der Waals surface area (Å²) in [6.45, 7) is -0.164. The molecule has 6 heteroatoms. The van der Waals surface area contributed by atoms with Gasteiger partial charge in [-0.05, 0) is 12.1 Å². The standard InChI is InChI=1S/C8H11NO4S/c10-9(6-7-14(11,12)13)8-4-2-1-3-5-8/h1-5,10H,6-7H2,(H,11,12,13). The van der Waals surface area contributed by atoms with Gasteiger partial charge in [0.25, 0.3) is 10.1 Å². The van der Waals surface area contributed by atoms with Crippen molar-refractivity contribution in [2.24, 2.45) is 0 Å². The molecule has 0 amide bonds. The van der Waals surface area contributed by atoms with Crippen LogP contribution in [-0.4, -0.2) is 30.5 Å². The second-order valence-corrected chi connectivity index (χ2v) is 4.32. The number of hydrogen-bond acceptors (Lipinski definition) is 4. The largest absolute Gasteiger partial charge is 0.288 e. The zero-order chi connectivity index (χ0) is 10.6. The molecule has 1 aromatic rings. The van der Waals surface area contributed by atoms with E-state index in [9.17, 15) is 13.6 Å². The molecule has 0 aliphatic heterocycles. The molecule has 0 aliphatic rings. The van der Waals surface area contributed by atoms with Crippen molar-refractivity contribution in [2.45, 2.75) is 0 Å². The van der Waals surface area contributed by atoms with Gasteiger partial charge in [-0.15, -0.1) is 0 Å². The van der Waals surface area contributed by atoms with Crippen LogP contribution in [0.15, 0.2) is 30.3 Å². The lowest BCUT2D eigenvalue weighted by molar-refractivity contribution is 0.259. The minimum atomic E-state index is -4.03. The molecule has 0 saturated heterocycles. The van der Waals surface area contributed by atoms with Crippen molar-refractivity contribution in [1.29, 1.82) is 0 Å². The molecule has 0 bridgehead atoms. The van der Waals surface area contributed by atoms with Gasteiger partial charge in [0.05, 0.1) is 18.0 Å². The lowest BCUT2D eigenvalue weighted by Gasteiger charge is -2.15. The summed E-state index contributed by atoms with van der Waals surface area (Å²) >= 11 is 0. The zero-order valence-corrected chi connectivity index (χ0v) is 8.18. The molecule has 0 aromatic heterocycles. The van der Waals surface area contributed by atoms with Gasteiger partial charge in [-0.1, -0.05) is 18.2 Å². The van der Waals surface area contributed by atoms with Crippen molar-refractivity contribution in [3.8, 4) is 0 Å². The molecule has 0 saturated carbocycles. The Morgan fingerprint density at radius 1 is 1.21 bits per heavy atom. The summed E-state index contributed by atoms with van der Waals surface area (Å²) in [5.41, 5.74) is 0.483. The topological polar surface area (TPSA) is 77.8 Å². The van der Waals surface area contributed by atoms with E-state index in [0.717, 1.165) is 5.06 Å². The first kappa shape index (κ1) is 11.0. The van der Waals surface area contributed by atoms with Crippen molar-refractivity contribution in [1.82, 2.24) is 0 Å². The summed E-state index contributed by atoms with van der Waals surface area (Å²) in [7, 11) is -4.03. The first-order valence-corrected chi connectivity index (χ1v) is 5.56. The van der Waals surface area contributed by atoms with Gasteiger partial charge >= 0.3 is 0 Å². The monoisotopic (exact) mass is 217 g/mol. The fourth-order valence-corrected chi connectivity index (χ4v) is 1.33. The van der Waals surface area contributed by atoms with Gasteiger partial charge in [-0.25, -0.2) is 0 Å². The van der Waals surface area contributed by atoms with E-state index in [4.69, 9.17) is 4.55 Å². The number of hydroxylamine groups is 1. The fraction of sp³-hybridized carbons (Fsp3) is 0.250. The van der Waals surface area contributed by atoms with Gasteiger partial charge in [0, 0.05) is 0 Å². The lowest BCUT2D eigenvalue weighted by atomic mass is 10.3. The Morgan fingerprint density at radius 2 is 1.79 bits per heavy atom. The van der Waals surface area contributed by atoms with Gasteiger partial charge in [-0.3, -0.25) is 14.8 Å². The summed E-state index contributed by atoms with van der Waals surface area (Å²) in [6.07, 6.45) is 0. The Balaban J connectivity index is 2.56. The molecule has 2 N–H and O–H groups in total. The first-order valence-electron chi connectivity index (χ1n) is 3.96. The smallest absolute Gasteiger partial charge is 0.266 e.